The summed E-state index contributed by atoms with van der Waals surface area (Å²) < 4.78 is 0. The van der Waals surface area contributed by atoms with E-state index in [0.29, 0.717) is 6.04 Å². The summed E-state index contributed by atoms with van der Waals surface area (Å²) in [6.45, 7) is 0. The summed E-state index contributed by atoms with van der Waals surface area (Å²) in [4.78, 5) is 0. The summed E-state index contributed by atoms with van der Waals surface area (Å²) in [7, 11) is 0. The molecule has 1 aromatic carbocycles. The Morgan fingerprint density at radius 1 is 1.27 bits per heavy atom. The predicted molar refractivity (Wildman–Crippen MR) is 45.9 cm³/mol. The Hall–Kier alpha value is -0.0500. The SMILES string of the molecule is [Cl-].[NH3+]C(CBr)c1ccccc1. The minimum Gasteiger partial charge on any atom is -1.00 e. The van der Waals surface area contributed by atoms with Crippen LogP contribution in [0.25, 0.3) is 0 Å². The van der Waals surface area contributed by atoms with E-state index in [1.165, 1.54) is 5.56 Å². The molecule has 0 radical (unpaired) electrons. The van der Waals surface area contributed by atoms with Crippen molar-refractivity contribution >= 4 is 15.9 Å². The van der Waals surface area contributed by atoms with Crippen LogP contribution in [0.5, 0.6) is 0 Å². The van der Waals surface area contributed by atoms with Crippen LogP contribution in [-0.4, -0.2) is 5.33 Å². The van der Waals surface area contributed by atoms with Gasteiger partial charge in [0, 0.05) is 5.56 Å². The summed E-state index contributed by atoms with van der Waals surface area (Å²) >= 11 is 3.39. The van der Waals surface area contributed by atoms with E-state index >= 15 is 0 Å². The average Bonchev–Trinajstić information content (AvgIpc) is 2.05. The second-order valence-corrected chi connectivity index (χ2v) is 2.91. The van der Waals surface area contributed by atoms with Crippen molar-refractivity contribution in [2.24, 2.45) is 0 Å². The van der Waals surface area contributed by atoms with Crippen LogP contribution in [0.1, 0.15) is 11.6 Å². The second-order valence-electron chi connectivity index (χ2n) is 2.26. The van der Waals surface area contributed by atoms with Gasteiger partial charge in [0.25, 0.3) is 0 Å². The molecule has 0 heterocycles. The highest BCUT2D eigenvalue weighted by atomic mass is 79.9. The maximum absolute atomic E-state index is 3.98. The first-order valence-corrected chi connectivity index (χ1v) is 4.40. The molecule has 0 saturated heterocycles. The lowest BCUT2D eigenvalue weighted by molar-refractivity contribution is -0.418. The molecule has 3 heteroatoms. The van der Waals surface area contributed by atoms with Crippen LogP contribution in [-0.2, 0) is 0 Å². The van der Waals surface area contributed by atoms with Crippen molar-refractivity contribution in [1.82, 2.24) is 0 Å². The van der Waals surface area contributed by atoms with Crippen LogP contribution in [0.15, 0.2) is 30.3 Å². The number of quaternary nitrogens is 1. The third kappa shape index (κ3) is 3.23. The number of benzene rings is 1. The maximum Gasteiger partial charge on any atom is 0.120 e. The molecule has 1 unspecified atom stereocenters. The Morgan fingerprint density at radius 2 is 1.82 bits per heavy atom. The highest BCUT2D eigenvalue weighted by Gasteiger charge is 2.04. The van der Waals surface area contributed by atoms with E-state index < -0.39 is 0 Å². The monoisotopic (exact) mass is 235 g/mol. The molecule has 1 nitrogen and oxygen atoms in total. The molecule has 11 heavy (non-hydrogen) atoms. The van der Waals surface area contributed by atoms with Gasteiger partial charge in [-0.25, -0.2) is 0 Å². The molecule has 0 bridgehead atoms. The van der Waals surface area contributed by atoms with Gasteiger partial charge in [-0.1, -0.05) is 46.3 Å². The van der Waals surface area contributed by atoms with Gasteiger partial charge in [-0.2, -0.15) is 0 Å². The zero-order valence-corrected chi connectivity index (χ0v) is 8.48. The molecular formula is C8H11BrClN. The van der Waals surface area contributed by atoms with Crippen LogP contribution in [0, 0.1) is 0 Å². The Labute approximate surface area is 81.5 Å². The number of alkyl halides is 1. The fourth-order valence-corrected chi connectivity index (χ4v) is 1.19. The molecule has 0 amide bonds. The molecule has 0 aliphatic heterocycles. The summed E-state index contributed by atoms with van der Waals surface area (Å²) in [6.07, 6.45) is 0. The normalized spacial score (nSPS) is 11.8. The van der Waals surface area contributed by atoms with Crippen LogP contribution < -0.4 is 18.1 Å². The molecule has 0 aliphatic carbocycles. The van der Waals surface area contributed by atoms with E-state index in [0.717, 1.165) is 5.33 Å². The van der Waals surface area contributed by atoms with E-state index in [1.54, 1.807) is 0 Å². The average molecular weight is 237 g/mol. The molecule has 62 valence electrons. The van der Waals surface area contributed by atoms with E-state index in [4.69, 9.17) is 0 Å². The van der Waals surface area contributed by atoms with Crippen molar-refractivity contribution in [2.75, 3.05) is 5.33 Å². The van der Waals surface area contributed by atoms with Gasteiger partial charge in [-0.15, -0.1) is 0 Å². The Morgan fingerprint density at radius 3 is 2.27 bits per heavy atom. The van der Waals surface area contributed by atoms with Gasteiger partial charge in [0.2, 0.25) is 0 Å². The zero-order valence-electron chi connectivity index (χ0n) is 6.13. The maximum atomic E-state index is 3.98. The molecule has 1 aromatic rings. The lowest BCUT2D eigenvalue weighted by Gasteiger charge is -2.02. The van der Waals surface area contributed by atoms with E-state index in [1.807, 2.05) is 18.2 Å². The van der Waals surface area contributed by atoms with E-state index in [2.05, 4.69) is 33.8 Å². The summed E-state index contributed by atoms with van der Waals surface area (Å²) in [5.41, 5.74) is 5.27. The first-order valence-electron chi connectivity index (χ1n) is 3.28. The van der Waals surface area contributed by atoms with Gasteiger partial charge < -0.3 is 18.1 Å². The number of halogens is 2. The quantitative estimate of drug-likeness (QED) is 0.597. The topological polar surface area (TPSA) is 27.6 Å². The molecule has 3 N–H and O–H groups in total. The van der Waals surface area contributed by atoms with Crippen molar-refractivity contribution in [2.45, 2.75) is 6.04 Å². The summed E-state index contributed by atoms with van der Waals surface area (Å²) in [5, 5.41) is 0.928. The van der Waals surface area contributed by atoms with Crippen molar-refractivity contribution in [3.8, 4) is 0 Å². The second kappa shape index (κ2) is 5.58. The van der Waals surface area contributed by atoms with Crippen LogP contribution >= 0.6 is 15.9 Å². The van der Waals surface area contributed by atoms with Crippen molar-refractivity contribution in [3.63, 3.8) is 0 Å². The number of rotatable bonds is 2. The number of hydrogen-bond donors (Lipinski definition) is 1. The molecule has 0 fully saturated rings. The molecule has 1 atom stereocenters. The number of hydrogen-bond acceptors (Lipinski definition) is 0. The zero-order chi connectivity index (χ0) is 7.40. The predicted octanol–water partition coefficient (Wildman–Crippen LogP) is -1.63. The standard InChI is InChI=1S/C8H10BrN.ClH/c9-6-8(10)7-4-2-1-3-5-7;/h1-5,8H,6,10H2;1H. The van der Waals surface area contributed by atoms with Crippen LogP contribution in [0.4, 0.5) is 0 Å². The van der Waals surface area contributed by atoms with Crippen molar-refractivity contribution < 1.29 is 18.1 Å². The van der Waals surface area contributed by atoms with E-state index in [-0.39, 0.29) is 12.4 Å². The van der Waals surface area contributed by atoms with Gasteiger partial charge in [-0.05, 0) is 0 Å². The third-order valence-corrected chi connectivity index (χ3v) is 2.24. The largest absolute Gasteiger partial charge is 1.00 e. The Balaban J connectivity index is 0.000001000. The van der Waals surface area contributed by atoms with E-state index in [9.17, 15) is 0 Å². The Kier molecular flexibility index (Phi) is 5.56. The fourth-order valence-electron chi connectivity index (χ4n) is 0.814. The van der Waals surface area contributed by atoms with Gasteiger partial charge in [0.05, 0.1) is 5.33 Å². The van der Waals surface area contributed by atoms with Crippen molar-refractivity contribution in [1.29, 1.82) is 0 Å². The minimum absolute atomic E-state index is 0. The molecule has 0 aromatic heterocycles. The van der Waals surface area contributed by atoms with Gasteiger partial charge >= 0.3 is 0 Å². The lowest BCUT2D eigenvalue weighted by Crippen LogP contribution is -3.00. The van der Waals surface area contributed by atoms with Gasteiger partial charge in [0.15, 0.2) is 0 Å². The third-order valence-electron chi connectivity index (χ3n) is 1.46. The Bertz CT molecular complexity index is 191. The summed E-state index contributed by atoms with van der Waals surface area (Å²) in [6, 6.07) is 10.7. The molecule has 0 saturated carbocycles. The smallest absolute Gasteiger partial charge is 0.120 e. The van der Waals surface area contributed by atoms with Crippen LogP contribution in [0.2, 0.25) is 0 Å². The van der Waals surface area contributed by atoms with Gasteiger partial charge in [-0.3, -0.25) is 0 Å². The van der Waals surface area contributed by atoms with Crippen LogP contribution in [0.3, 0.4) is 0 Å². The lowest BCUT2D eigenvalue weighted by atomic mass is 10.1. The van der Waals surface area contributed by atoms with Crippen molar-refractivity contribution in [3.05, 3.63) is 35.9 Å². The molecule has 0 aliphatic rings. The highest BCUT2D eigenvalue weighted by Crippen LogP contribution is 2.08. The molecule has 1 rings (SSSR count). The molecular weight excluding hydrogens is 225 g/mol. The summed E-state index contributed by atoms with van der Waals surface area (Å²) in [5.74, 6) is 0. The first-order chi connectivity index (χ1) is 4.84. The molecule has 0 spiro atoms. The highest BCUT2D eigenvalue weighted by molar-refractivity contribution is 9.09. The minimum atomic E-state index is 0. The first kappa shape index (κ1) is 11.0. The van der Waals surface area contributed by atoms with Gasteiger partial charge in [0.1, 0.15) is 6.04 Å². The fraction of sp³-hybridized carbons (Fsp3) is 0.250.